The van der Waals surface area contributed by atoms with E-state index in [0.29, 0.717) is 22.9 Å². The Labute approximate surface area is 149 Å². The van der Waals surface area contributed by atoms with Gasteiger partial charge in [-0.15, -0.1) is 0 Å². The van der Waals surface area contributed by atoms with E-state index in [1.54, 1.807) is 6.07 Å². The topological polar surface area (TPSA) is 86.4 Å². The molecule has 0 atom stereocenters. The highest BCUT2D eigenvalue weighted by atomic mass is 35.5. The molecule has 3 aromatic rings. The number of benzene rings is 1. The van der Waals surface area contributed by atoms with Crippen molar-refractivity contribution < 1.29 is 0 Å². The van der Waals surface area contributed by atoms with Crippen LogP contribution in [0.4, 0.5) is 0 Å². The molecular formula is C15H17Cl2N7. The van der Waals surface area contributed by atoms with Crippen LogP contribution < -0.4 is 0 Å². The zero-order valence-corrected chi connectivity index (χ0v) is 14.8. The van der Waals surface area contributed by atoms with Gasteiger partial charge in [0, 0.05) is 22.9 Å². The molecule has 7 nitrogen and oxygen atoms in total. The van der Waals surface area contributed by atoms with E-state index in [9.17, 15) is 0 Å². The van der Waals surface area contributed by atoms with Crippen molar-refractivity contribution in [1.29, 1.82) is 0 Å². The van der Waals surface area contributed by atoms with E-state index in [4.69, 9.17) is 23.2 Å². The lowest BCUT2D eigenvalue weighted by molar-refractivity contribution is 0.144. The summed E-state index contributed by atoms with van der Waals surface area (Å²) in [5.74, 6) is 1.52. The Bertz CT molecular complexity index is 748. The van der Waals surface area contributed by atoms with Crippen LogP contribution in [-0.4, -0.2) is 49.4 Å². The molecule has 0 unspecified atom stereocenters. The van der Waals surface area contributed by atoms with Gasteiger partial charge < -0.3 is 0 Å². The first-order chi connectivity index (χ1) is 11.5. The second kappa shape index (κ2) is 6.88. The van der Waals surface area contributed by atoms with Crippen LogP contribution in [0.1, 0.15) is 17.2 Å². The molecule has 9 heteroatoms. The van der Waals surface area contributed by atoms with Crippen molar-refractivity contribution in [3.05, 3.63) is 58.1 Å². The van der Waals surface area contributed by atoms with Crippen molar-refractivity contribution in [2.45, 2.75) is 18.4 Å². The lowest BCUT2D eigenvalue weighted by Gasteiger charge is -2.40. The number of nitrogens with zero attached hydrogens (tertiary/aromatic N) is 5. The lowest BCUT2D eigenvalue weighted by Crippen LogP contribution is -2.46. The van der Waals surface area contributed by atoms with Gasteiger partial charge in [0.05, 0.1) is 5.54 Å². The molecule has 0 aliphatic rings. The molecule has 24 heavy (non-hydrogen) atoms. The fraction of sp³-hybridized carbons (Fsp3) is 0.333. The highest BCUT2D eigenvalue weighted by Crippen LogP contribution is 2.38. The zero-order valence-electron chi connectivity index (χ0n) is 13.3. The summed E-state index contributed by atoms with van der Waals surface area (Å²) in [4.78, 5) is 10.7. The minimum Gasteiger partial charge on any atom is -0.299 e. The Morgan fingerprint density at radius 2 is 1.58 bits per heavy atom. The Morgan fingerprint density at radius 3 is 2.00 bits per heavy atom. The summed E-state index contributed by atoms with van der Waals surface area (Å²) in [6.07, 6.45) is 4.13. The minimum absolute atomic E-state index is 0.499. The summed E-state index contributed by atoms with van der Waals surface area (Å²) >= 11 is 12.6. The van der Waals surface area contributed by atoms with E-state index in [1.165, 1.54) is 12.7 Å². The molecular weight excluding hydrogens is 349 g/mol. The lowest BCUT2D eigenvalue weighted by atomic mass is 9.81. The monoisotopic (exact) mass is 365 g/mol. The van der Waals surface area contributed by atoms with Gasteiger partial charge >= 0.3 is 0 Å². The van der Waals surface area contributed by atoms with Crippen LogP contribution >= 0.6 is 23.2 Å². The highest BCUT2D eigenvalue weighted by Gasteiger charge is 2.39. The van der Waals surface area contributed by atoms with Gasteiger partial charge in [0.15, 0.2) is 0 Å². The van der Waals surface area contributed by atoms with Gasteiger partial charge in [0.25, 0.3) is 0 Å². The maximum absolute atomic E-state index is 6.53. The Morgan fingerprint density at radius 1 is 1.00 bits per heavy atom. The average molecular weight is 366 g/mol. The van der Waals surface area contributed by atoms with Gasteiger partial charge in [-0.25, -0.2) is 9.97 Å². The average Bonchev–Trinajstić information content (AvgIpc) is 3.20. The van der Waals surface area contributed by atoms with Crippen molar-refractivity contribution in [3.63, 3.8) is 0 Å². The summed E-state index contributed by atoms with van der Waals surface area (Å²) in [7, 11) is 4.00. The number of rotatable bonds is 6. The third-order valence-electron chi connectivity index (χ3n) is 4.14. The summed E-state index contributed by atoms with van der Waals surface area (Å²) < 4.78 is 0. The Kier molecular flexibility index (Phi) is 4.84. The van der Waals surface area contributed by atoms with Crippen LogP contribution in [0.25, 0.3) is 0 Å². The summed E-state index contributed by atoms with van der Waals surface area (Å²) in [5.41, 5.74) is 0.437. The molecule has 2 N–H and O–H groups in total. The molecule has 3 rings (SSSR count). The van der Waals surface area contributed by atoms with E-state index < -0.39 is 5.54 Å². The first kappa shape index (κ1) is 16.9. The summed E-state index contributed by atoms with van der Waals surface area (Å²) in [5, 5.41) is 14.9. The Balaban J connectivity index is 2.12. The van der Waals surface area contributed by atoms with Crippen LogP contribution in [0.5, 0.6) is 0 Å². The number of halogens is 2. The zero-order chi connectivity index (χ0) is 17.2. The van der Waals surface area contributed by atoms with Gasteiger partial charge in [0.2, 0.25) is 0 Å². The standard InChI is InChI=1S/C15H17Cl2N7/c1-24(2)15(6-13-18-8-20-22-13,7-14-19-9-21-23-14)11-4-3-10(16)5-12(11)17/h3-5,8-9H,6-7H2,1-2H3,(H,18,20,22)(H,19,21,23). The maximum atomic E-state index is 6.53. The first-order valence-corrected chi connectivity index (χ1v) is 8.08. The number of aromatic amines is 2. The van der Waals surface area contributed by atoms with Crippen molar-refractivity contribution in [2.24, 2.45) is 0 Å². The summed E-state index contributed by atoms with van der Waals surface area (Å²) in [6, 6.07) is 5.52. The molecule has 2 heterocycles. The second-order valence-corrected chi connectivity index (χ2v) is 6.61. The number of hydrogen-bond acceptors (Lipinski definition) is 5. The van der Waals surface area contributed by atoms with Crippen molar-refractivity contribution >= 4 is 23.2 Å². The van der Waals surface area contributed by atoms with Gasteiger partial charge in [-0.05, 0) is 31.8 Å². The molecule has 0 amide bonds. The third kappa shape index (κ3) is 3.28. The molecule has 0 saturated carbocycles. The number of likely N-dealkylation sites (N-methyl/N-ethyl adjacent to an activating group) is 1. The van der Waals surface area contributed by atoms with Crippen LogP contribution in [0.3, 0.4) is 0 Å². The maximum Gasteiger partial charge on any atom is 0.137 e. The molecule has 0 spiro atoms. The number of aromatic nitrogens is 6. The Hall–Kier alpha value is -1.96. The van der Waals surface area contributed by atoms with Gasteiger partial charge in [-0.1, -0.05) is 29.3 Å². The molecule has 0 aliphatic heterocycles. The second-order valence-electron chi connectivity index (χ2n) is 5.77. The van der Waals surface area contributed by atoms with Crippen LogP contribution in [0.2, 0.25) is 10.0 Å². The van der Waals surface area contributed by atoms with E-state index in [0.717, 1.165) is 17.2 Å². The molecule has 2 aromatic heterocycles. The molecule has 0 radical (unpaired) electrons. The number of hydrogen-bond donors (Lipinski definition) is 2. The fourth-order valence-electron chi connectivity index (χ4n) is 2.86. The molecule has 1 aromatic carbocycles. The minimum atomic E-state index is -0.499. The van der Waals surface area contributed by atoms with E-state index in [1.807, 2.05) is 26.2 Å². The van der Waals surface area contributed by atoms with Gasteiger partial charge in [-0.3, -0.25) is 15.1 Å². The normalized spacial score (nSPS) is 12.0. The molecule has 0 fully saturated rings. The van der Waals surface area contributed by atoms with Crippen molar-refractivity contribution in [3.8, 4) is 0 Å². The number of H-pyrrole nitrogens is 2. The SMILES string of the molecule is CN(C)C(Cc1ncn[nH]1)(Cc1ncn[nH]1)c1ccc(Cl)cc1Cl. The van der Waals surface area contributed by atoms with Crippen molar-refractivity contribution in [1.82, 2.24) is 35.3 Å². The quantitative estimate of drug-likeness (QED) is 0.700. The van der Waals surface area contributed by atoms with Gasteiger partial charge in [-0.2, -0.15) is 10.2 Å². The molecule has 0 bridgehead atoms. The van der Waals surface area contributed by atoms with Crippen LogP contribution in [-0.2, 0) is 18.4 Å². The number of nitrogens with one attached hydrogen (secondary N) is 2. The fourth-order valence-corrected chi connectivity index (χ4v) is 3.45. The van der Waals surface area contributed by atoms with E-state index >= 15 is 0 Å². The van der Waals surface area contributed by atoms with Crippen molar-refractivity contribution in [2.75, 3.05) is 14.1 Å². The smallest absolute Gasteiger partial charge is 0.137 e. The van der Waals surface area contributed by atoms with Crippen LogP contribution in [0, 0.1) is 0 Å². The van der Waals surface area contributed by atoms with E-state index in [-0.39, 0.29) is 0 Å². The summed E-state index contributed by atoms with van der Waals surface area (Å²) in [6.45, 7) is 0. The predicted molar refractivity (Wildman–Crippen MR) is 92.0 cm³/mol. The molecule has 126 valence electrons. The van der Waals surface area contributed by atoms with Crippen LogP contribution in [0.15, 0.2) is 30.9 Å². The first-order valence-electron chi connectivity index (χ1n) is 7.33. The predicted octanol–water partition coefficient (Wildman–Crippen LogP) is 2.47. The molecule has 0 saturated heterocycles. The van der Waals surface area contributed by atoms with E-state index in [2.05, 4.69) is 35.3 Å². The van der Waals surface area contributed by atoms with Gasteiger partial charge in [0.1, 0.15) is 24.3 Å². The largest absolute Gasteiger partial charge is 0.299 e. The highest BCUT2D eigenvalue weighted by molar-refractivity contribution is 6.35. The third-order valence-corrected chi connectivity index (χ3v) is 4.69. The molecule has 0 aliphatic carbocycles.